The molecule has 1 heterocycles. The lowest BCUT2D eigenvalue weighted by molar-refractivity contribution is -0.130. The highest BCUT2D eigenvalue weighted by Gasteiger charge is 2.18. The third kappa shape index (κ3) is 3.84. The molecule has 0 spiro atoms. The quantitative estimate of drug-likeness (QED) is 0.835. The van der Waals surface area contributed by atoms with Gasteiger partial charge in [0.25, 0.3) is 0 Å². The summed E-state index contributed by atoms with van der Waals surface area (Å²) in [5.41, 5.74) is 5.86. The van der Waals surface area contributed by atoms with E-state index in [1.165, 1.54) is 6.07 Å². The van der Waals surface area contributed by atoms with Crippen LogP contribution in [-0.4, -0.2) is 55.0 Å². The van der Waals surface area contributed by atoms with Crippen molar-refractivity contribution in [3.63, 3.8) is 0 Å². The molecule has 0 radical (unpaired) electrons. The number of nitrogens with zero attached hydrogens (tertiary/aromatic N) is 2. The number of hydrogen-bond donors (Lipinski definition) is 1. The highest BCUT2D eigenvalue weighted by Crippen LogP contribution is 2.19. The van der Waals surface area contributed by atoms with E-state index in [-0.39, 0.29) is 11.7 Å². The zero-order valence-corrected chi connectivity index (χ0v) is 11.6. The molecule has 20 heavy (non-hydrogen) atoms. The first kappa shape index (κ1) is 14.6. The summed E-state index contributed by atoms with van der Waals surface area (Å²) in [6.07, 6.45) is 0. The van der Waals surface area contributed by atoms with Crippen LogP contribution in [0.2, 0.25) is 0 Å². The van der Waals surface area contributed by atoms with E-state index in [1.807, 2.05) is 4.90 Å². The summed E-state index contributed by atoms with van der Waals surface area (Å²) in [4.78, 5) is 15.2. The lowest BCUT2D eigenvalue weighted by Crippen LogP contribution is -2.48. The molecule has 1 aromatic carbocycles. The Morgan fingerprint density at radius 3 is 2.65 bits per heavy atom. The Hall–Kier alpha value is -1.82. The smallest absolute Gasteiger partial charge is 0.219 e. The zero-order chi connectivity index (χ0) is 14.5. The van der Waals surface area contributed by atoms with Crippen LogP contribution in [0.1, 0.15) is 6.92 Å². The van der Waals surface area contributed by atoms with Crippen LogP contribution >= 0.6 is 0 Å². The lowest BCUT2D eigenvalue weighted by atomic mass is 10.3. The minimum Gasteiger partial charge on any atom is -0.489 e. The molecule has 0 saturated carbocycles. The van der Waals surface area contributed by atoms with Gasteiger partial charge >= 0.3 is 0 Å². The highest BCUT2D eigenvalue weighted by atomic mass is 19.1. The molecule has 1 aliphatic heterocycles. The SMILES string of the molecule is CC(=O)N1CCN(CCOc2ccc(N)cc2F)CC1. The molecule has 1 amide bonds. The molecule has 0 unspecified atom stereocenters. The number of anilines is 1. The second-order valence-electron chi connectivity index (χ2n) is 4.89. The largest absolute Gasteiger partial charge is 0.489 e. The minimum atomic E-state index is -0.439. The van der Waals surface area contributed by atoms with Gasteiger partial charge in [0.15, 0.2) is 11.6 Å². The summed E-state index contributed by atoms with van der Waals surface area (Å²) in [6, 6.07) is 4.41. The summed E-state index contributed by atoms with van der Waals surface area (Å²) in [6.45, 7) is 5.86. The second kappa shape index (κ2) is 6.56. The number of halogens is 1. The second-order valence-corrected chi connectivity index (χ2v) is 4.89. The number of nitrogens with two attached hydrogens (primary N) is 1. The number of nitrogen functional groups attached to an aromatic ring is 1. The van der Waals surface area contributed by atoms with E-state index >= 15 is 0 Å². The van der Waals surface area contributed by atoms with Gasteiger partial charge in [-0.2, -0.15) is 0 Å². The van der Waals surface area contributed by atoms with E-state index in [9.17, 15) is 9.18 Å². The molecule has 0 bridgehead atoms. The average molecular weight is 281 g/mol. The first-order chi connectivity index (χ1) is 9.56. The molecule has 110 valence electrons. The molecule has 1 fully saturated rings. The van der Waals surface area contributed by atoms with Crippen molar-refractivity contribution >= 4 is 11.6 Å². The van der Waals surface area contributed by atoms with Gasteiger partial charge in [-0.15, -0.1) is 0 Å². The van der Waals surface area contributed by atoms with E-state index in [4.69, 9.17) is 10.5 Å². The molecular formula is C14H20FN3O2. The fraction of sp³-hybridized carbons (Fsp3) is 0.500. The van der Waals surface area contributed by atoms with Crippen molar-refractivity contribution in [3.8, 4) is 5.75 Å². The van der Waals surface area contributed by atoms with Gasteiger partial charge in [-0.25, -0.2) is 4.39 Å². The van der Waals surface area contributed by atoms with Crippen LogP contribution in [0.25, 0.3) is 0 Å². The van der Waals surface area contributed by atoms with E-state index in [0.717, 1.165) is 32.7 Å². The first-order valence-electron chi connectivity index (χ1n) is 6.72. The number of carbonyl (C=O) groups is 1. The van der Waals surface area contributed by atoms with Crippen LogP contribution < -0.4 is 10.5 Å². The number of ether oxygens (including phenoxy) is 1. The van der Waals surface area contributed by atoms with Gasteiger partial charge in [-0.05, 0) is 12.1 Å². The summed E-state index contributed by atoms with van der Waals surface area (Å²) in [7, 11) is 0. The number of piperazine rings is 1. The van der Waals surface area contributed by atoms with Gasteiger partial charge in [0, 0.05) is 51.4 Å². The molecule has 5 nitrogen and oxygen atoms in total. The number of hydrogen-bond acceptors (Lipinski definition) is 4. The first-order valence-corrected chi connectivity index (χ1v) is 6.72. The maximum Gasteiger partial charge on any atom is 0.219 e. The van der Waals surface area contributed by atoms with Crippen LogP contribution in [0, 0.1) is 5.82 Å². The maximum atomic E-state index is 13.5. The maximum absolute atomic E-state index is 13.5. The van der Waals surface area contributed by atoms with E-state index in [1.54, 1.807) is 19.1 Å². The number of amides is 1. The molecule has 1 aromatic rings. The van der Waals surface area contributed by atoms with Gasteiger partial charge in [-0.3, -0.25) is 9.69 Å². The normalized spacial score (nSPS) is 16.2. The summed E-state index contributed by atoms with van der Waals surface area (Å²) >= 11 is 0. The number of benzene rings is 1. The molecule has 0 aliphatic carbocycles. The van der Waals surface area contributed by atoms with Crippen LogP contribution in [0.4, 0.5) is 10.1 Å². The summed E-state index contributed by atoms with van der Waals surface area (Å²) in [5, 5.41) is 0. The number of carbonyl (C=O) groups excluding carboxylic acids is 1. The highest BCUT2D eigenvalue weighted by molar-refractivity contribution is 5.73. The Morgan fingerprint density at radius 2 is 2.05 bits per heavy atom. The lowest BCUT2D eigenvalue weighted by Gasteiger charge is -2.34. The van der Waals surface area contributed by atoms with Crippen LogP contribution in [-0.2, 0) is 4.79 Å². The molecular weight excluding hydrogens is 261 g/mol. The Labute approximate surface area is 118 Å². The molecule has 1 saturated heterocycles. The number of rotatable bonds is 4. The Kier molecular flexibility index (Phi) is 4.79. The van der Waals surface area contributed by atoms with E-state index in [0.29, 0.717) is 12.3 Å². The summed E-state index contributed by atoms with van der Waals surface area (Å²) < 4.78 is 18.9. The van der Waals surface area contributed by atoms with Gasteiger partial charge in [0.05, 0.1) is 0 Å². The van der Waals surface area contributed by atoms with Gasteiger partial charge in [0.2, 0.25) is 5.91 Å². The van der Waals surface area contributed by atoms with Crippen molar-refractivity contribution in [2.24, 2.45) is 0 Å². The Balaban J connectivity index is 1.73. The predicted octanol–water partition coefficient (Wildman–Crippen LogP) is 0.951. The molecule has 0 aromatic heterocycles. The van der Waals surface area contributed by atoms with E-state index < -0.39 is 5.82 Å². The van der Waals surface area contributed by atoms with E-state index in [2.05, 4.69) is 4.90 Å². The van der Waals surface area contributed by atoms with Gasteiger partial charge < -0.3 is 15.4 Å². The fourth-order valence-corrected chi connectivity index (χ4v) is 2.21. The molecule has 6 heteroatoms. The Bertz CT molecular complexity index is 473. The predicted molar refractivity (Wildman–Crippen MR) is 75.0 cm³/mol. The van der Waals surface area contributed by atoms with Crippen LogP contribution in [0.5, 0.6) is 5.75 Å². The third-order valence-electron chi connectivity index (χ3n) is 3.44. The van der Waals surface area contributed by atoms with Crippen LogP contribution in [0.3, 0.4) is 0 Å². The molecule has 0 atom stereocenters. The van der Waals surface area contributed by atoms with Crippen molar-refractivity contribution in [2.75, 3.05) is 45.1 Å². The van der Waals surface area contributed by atoms with Crippen molar-refractivity contribution in [2.45, 2.75) is 6.92 Å². The fourth-order valence-electron chi connectivity index (χ4n) is 2.21. The minimum absolute atomic E-state index is 0.116. The van der Waals surface area contributed by atoms with Crippen LogP contribution in [0.15, 0.2) is 18.2 Å². The third-order valence-corrected chi connectivity index (χ3v) is 3.44. The van der Waals surface area contributed by atoms with Gasteiger partial charge in [-0.1, -0.05) is 0 Å². The molecule has 2 rings (SSSR count). The molecule has 2 N–H and O–H groups in total. The standard InChI is InChI=1S/C14H20FN3O2/c1-11(19)18-6-4-17(5-7-18)8-9-20-14-3-2-12(16)10-13(14)15/h2-3,10H,4-9,16H2,1H3. The monoisotopic (exact) mass is 281 g/mol. The van der Waals surface area contributed by atoms with Crippen molar-refractivity contribution < 1.29 is 13.9 Å². The zero-order valence-electron chi connectivity index (χ0n) is 11.6. The van der Waals surface area contributed by atoms with Crippen molar-refractivity contribution in [1.29, 1.82) is 0 Å². The topological polar surface area (TPSA) is 58.8 Å². The average Bonchev–Trinajstić information content (AvgIpc) is 2.42. The summed E-state index contributed by atoms with van der Waals surface area (Å²) in [5.74, 6) is -0.0992. The Morgan fingerprint density at radius 1 is 1.35 bits per heavy atom. The van der Waals surface area contributed by atoms with Gasteiger partial charge in [0.1, 0.15) is 6.61 Å². The molecule has 1 aliphatic rings. The van der Waals surface area contributed by atoms with Crippen molar-refractivity contribution in [1.82, 2.24) is 9.80 Å². The van der Waals surface area contributed by atoms with Crippen molar-refractivity contribution in [3.05, 3.63) is 24.0 Å².